The minimum absolute atomic E-state index is 0.200. The van der Waals surface area contributed by atoms with Crippen molar-refractivity contribution >= 4 is 12.2 Å². The second-order valence-electron chi connectivity index (χ2n) is 3.53. The van der Waals surface area contributed by atoms with Crippen molar-refractivity contribution in [2.75, 3.05) is 13.2 Å². The molecule has 0 aromatic heterocycles. The number of hydroxylamine groups is 1. The number of amides is 1. The molecule has 0 saturated carbocycles. The molecule has 0 aromatic rings. The zero-order valence-electron chi connectivity index (χ0n) is 8.90. The lowest BCUT2D eigenvalue weighted by Gasteiger charge is -2.18. The first-order chi connectivity index (χ1) is 6.85. The van der Waals surface area contributed by atoms with Gasteiger partial charge in [-0.05, 0) is 20.8 Å². The summed E-state index contributed by atoms with van der Waals surface area (Å²) in [5, 5.41) is 8.30. The van der Waals surface area contributed by atoms with Gasteiger partial charge in [0.15, 0.2) is 0 Å². The van der Waals surface area contributed by atoms with Crippen molar-refractivity contribution in [3.8, 4) is 0 Å². The van der Waals surface area contributed by atoms with E-state index in [1.807, 2.05) is 0 Å². The van der Waals surface area contributed by atoms with Crippen LogP contribution in [0.25, 0.3) is 0 Å². The highest BCUT2D eigenvalue weighted by Crippen LogP contribution is 2.06. The van der Waals surface area contributed by atoms with E-state index in [2.05, 4.69) is 9.57 Å². The Kier molecular flexibility index (Phi) is 5.46. The SMILES string of the molecule is CC(C)(C)OC(=O)NOC(=O)OCCO. The van der Waals surface area contributed by atoms with Crippen LogP contribution in [-0.2, 0) is 14.3 Å². The Morgan fingerprint density at radius 3 is 2.40 bits per heavy atom. The highest BCUT2D eigenvalue weighted by molar-refractivity contribution is 5.69. The van der Waals surface area contributed by atoms with Gasteiger partial charge in [-0.25, -0.2) is 9.59 Å². The molecular weight excluding hydrogens is 206 g/mol. The van der Waals surface area contributed by atoms with Crippen molar-refractivity contribution in [2.24, 2.45) is 0 Å². The van der Waals surface area contributed by atoms with Gasteiger partial charge in [0.25, 0.3) is 0 Å². The second-order valence-corrected chi connectivity index (χ2v) is 3.53. The monoisotopic (exact) mass is 221 g/mol. The first-order valence-electron chi connectivity index (χ1n) is 4.28. The van der Waals surface area contributed by atoms with Gasteiger partial charge in [-0.1, -0.05) is 0 Å². The highest BCUT2D eigenvalue weighted by Gasteiger charge is 2.17. The van der Waals surface area contributed by atoms with Gasteiger partial charge in [0.2, 0.25) is 0 Å². The summed E-state index contributed by atoms with van der Waals surface area (Å²) in [7, 11) is 0. The average molecular weight is 221 g/mol. The van der Waals surface area contributed by atoms with E-state index in [9.17, 15) is 9.59 Å². The molecule has 0 fully saturated rings. The molecule has 0 heterocycles. The van der Waals surface area contributed by atoms with Gasteiger partial charge in [0.05, 0.1) is 6.61 Å². The zero-order valence-corrected chi connectivity index (χ0v) is 8.90. The Bertz CT molecular complexity index is 222. The number of hydrogen-bond donors (Lipinski definition) is 2. The maximum atomic E-state index is 10.9. The van der Waals surface area contributed by atoms with Crippen molar-refractivity contribution in [3.63, 3.8) is 0 Å². The van der Waals surface area contributed by atoms with Crippen molar-refractivity contribution in [1.82, 2.24) is 5.48 Å². The van der Waals surface area contributed by atoms with E-state index in [4.69, 9.17) is 9.84 Å². The molecule has 0 aliphatic carbocycles. The lowest BCUT2D eigenvalue weighted by molar-refractivity contribution is -0.0134. The predicted octanol–water partition coefficient (Wildman–Crippen LogP) is 0.572. The number of nitrogens with one attached hydrogen (secondary N) is 1. The van der Waals surface area contributed by atoms with Gasteiger partial charge in [0.1, 0.15) is 12.2 Å². The largest absolute Gasteiger partial charge is 0.533 e. The molecule has 7 heteroatoms. The van der Waals surface area contributed by atoms with Gasteiger partial charge < -0.3 is 19.4 Å². The fourth-order valence-electron chi connectivity index (χ4n) is 0.541. The van der Waals surface area contributed by atoms with Gasteiger partial charge in [-0.2, -0.15) is 0 Å². The molecule has 0 bridgehead atoms. The number of carbonyl (C=O) groups excluding carboxylic acids is 2. The molecule has 1 amide bonds. The molecule has 0 atom stereocenters. The third-order valence-corrected chi connectivity index (χ3v) is 0.928. The summed E-state index contributed by atoms with van der Waals surface area (Å²) in [6.07, 6.45) is -2.02. The Balaban J connectivity index is 3.67. The van der Waals surface area contributed by atoms with Crippen molar-refractivity contribution in [3.05, 3.63) is 0 Å². The van der Waals surface area contributed by atoms with E-state index in [0.717, 1.165) is 0 Å². The lowest BCUT2D eigenvalue weighted by Crippen LogP contribution is -2.34. The van der Waals surface area contributed by atoms with Crippen LogP contribution in [-0.4, -0.2) is 36.2 Å². The first kappa shape index (κ1) is 13.5. The zero-order chi connectivity index (χ0) is 11.9. The number of rotatable bonds is 2. The summed E-state index contributed by atoms with van der Waals surface area (Å²) >= 11 is 0. The normalized spacial score (nSPS) is 10.4. The third kappa shape index (κ3) is 8.82. The molecule has 7 nitrogen and oxygen atoms in total. The van der Waals surface area contributed by atoms with Crippen molar-refractivity contribution < 1.29 is 29.0 Å². The van der Waals surface area contributed by atoms with Gasteiger partial charge >= 0.3 is 12.2 Å². The van der Waals surface area contributed by atoms with Crippen LogP contribution in [0.5, 0.6) is 0 Å². The molecule has 0 saturated heterocycles. The summed E-state index contributed by atoms with van der Waals surface area (Å²) < 4.78 is 9.05. The molecule has 0 aliphatic rings. The van der Waals surface area contributed by atoms with Crippen molar-refractivity contribution in [2.45, 2.75) is 26.4 Å². The van der Waals surface area contributed by atoms with E-state index in [1.54, 1.807) is 26.3 Å². The number of hydrogen-bond acceptors (Lipinski definition) is 6. The van der Waals surface area contributed by atoms with Gasteiger partial charge in [-0.3, -0.25) is 0 Å². The summed E-state index contributed by atoms with van der Waals surface area (Å²) in [5.74, 6) is 0. The van der Waals surface area contributed by atoms with E-state index in [0.29, 0.717) is 0 Å². The molecule has 0 radical (unpaired) electrons. The van der Waals surface area contributed by atoms with E-state index in [1.165, 1.54) is 0 Å². The first-order valence-corrected chi connectivity index (χ1v) is 4.28. The van der Waals surface area contributed by atoms with Crippen LogP contribution in [0.15, 0.2) is 0 Å². The smallest absolute Gasteiger partial charge is 0.442 e. The molecule has 0 rings (SSSR count). The van der Waals surface area contributed by atoms with Crippen molar-refractivity contribution in [1.29, 1.82) is 0 Å². The Hall–Kier alpha value is -1.50. The molecule has 15 heavy (non-hydrogen) atoms. The summed E-state index contributed by atoms with van der Waals surface area (Å²) in [4.78, 5) is 25.7. The lowest BCUT2D eigenvalue weighted by atomic mass is 10.2. The molecular formula is C8H15NO6. The molecule has 2 N–H and O–H groups in total. The fraction of sp³-hybridized carbons (Fsp3) is 0.750. The Labute approximate surface area is 87.3 Å². The number of ether oxygens (including phenoxy) is 2. The summed E-state index contributed by atoms with van der Waals surface area (Å²) in [6, 6.07) is 0. The molecule has 0 aliphatic heterocycles. The Morgan fingerprint density at radius 2 is 1.93 bits per heavy atom. The highest BCUT2D eigenvalue weighted by atomic mass is 16.8. The van der Waals surface area contributed by atoms with E-state index >= 15 is 0 Å². The minimum Gasteiger partial charge on any atom is -0.442 e. The van der Waals surface area contributed by atoms with E-state index in [-0.39, 0.29) is 13.2 Å². The van der Waals surface area contributed by atoms with Crippen LogP contribution in [0.3, 0.4) is 0 Å². The topological polar surface area (TPSA) is 94.1 Å². The van der Waals surface area contributed by atoms with Gasteiger partial charge in [-0.15, -0.1) is 5.48 Å². The van der Waals surface area contributed by atoms with Gasteiger partial charge in [0, 0.05) is 0 Å². The molecule has 0 unspecified atom stereocenters. The number of aliphatic hydroxyl groups is 1. The van der Waals surface area contributed by atoms with E-state index < -0.39 is 17.8 Å². The summed E-state index contributed by atoms with van der Waals surface area (Å²) in [5.41, 5.74) is 1.05. The standard InChI is InChI=1S/C8H15NO6/c1-8(2,3)14-6(11)9-15-7(12)13-5-4-10/h10H,4-5H2,1-3H3,(H,9,11). The molecule has 88 valence electrons. The maximum absolute atomic E-state index is 10.9. The minimum atomic E-state index is -1.12. The average Bonchev–Trinajstić information content (AvgIpc) is 2.08. The quantitative estimate of drug-likeness (QED) is 0.523. The van der Waals surface area contributed by atoms with Crippen LogP contribution in [0, 0.1) is 0 Å². The van der Waals surface area contributed by atoms with Crippen LogP contribution < -0.4 is 5.48 Å². The predicted molar refractivity (Wildman–Crippen MR) is 48.9 cm³/mol. The number of aliphatic hydroxyl groups excluding tert-OH is 1. The second kappa shape index (κ2) is 6.07. The fourth-order valence-corrected chi connectivity index (χ4v) is 0.541. The van der Waals surface area contributed by atoms with Crippen LogP contribution in [0.1, 0.15) is 20.8 Å². The third-order valence-electron chi connectivity index (χ3n) is 0.928. The van der Waals surface area contributed by atoms with Crippen LogP contribution >= 0.6 is 0 Å². The molecule has 0 spiro atoms. The number of carbonyl (C=O) groups is 2. The summed E-state index contributed by atoms with van der Waals surface area (Å²) in [6.45, 7) is 4.47. The maximum Gasteiger partial charge on any atom is 0.533 e. The molecule has 0 aromatic carbocycles. The Morgan fingerprint density at radius 1 is 1.33 bits per heavy atom. The van der Waals surface area contributed by atoms with Crippen LogP contribution in [0.4, 0.5) is 9.59 Å². The van der Waals surface area contributed by atoms with Crippen LogP contribution in [0.2, 0.25) is 0 Å².